The Kier molecular flexibility index (Phi) is 4.86. The Morgan fingerprint density at radius 1 is 1.05 bits per heavy atom. The molecule has 4 heteroatoms. The second-order valence-corrected chi connectivity index (χ2v) is 5.23. The number of halogens is 3. The van der Waals surface area contributed by atoms with Crippen LogP contribution in [0.15, 0.2) is 30.3 Å². The fourth-order valence-electron chi connectivity index (χ4n) is 2.81. The molecule has 1 aromatic rings. The lowest BCUT2D eigenvalue weighted by molar-refractivity contribution is -0.188. The summed E-state index contributed by atoms with van der Waals surface area (Å²) in [5.74, 6) is -1.17. The first-order chi connectivity index (χ1) is 9.07. The molecule has 1 fully saturated rings. The highest BCUT2D eigenvalue weighted by atomic mass is 19.4. The normalized spacial score (nSPS) is 24.4. The van der Waals surface area contributed by atoms with Gasteiger partial charge in [0, 0.05) is 6.04 Å². The smallest absolute Gasteiger partial charge is 0.313 e. The maximum Gasteiger partial charge on any atom is 0.393 e. The first kappa shape index (κ1) is 14.4. The number of nitrogens with one attached hydrogen (secondary N) is 1. The predicted molar refractivity (Wildman–Crippen MR) is 69.9 cm³/mol. The van der Waals surface area contributed by atoms with Gasteiger partial charge in [-0.3, -0.25) is 0 Å². The van der Waals surface area contributed by atoms with Gasteiger partial charge in [-0.2, -0.15) is 13.2 Å². The molecular weight excluding hydrogens is 251 g/mol. The minimum Gasteiger partial charge on any atom is -0.313 e. The van der Waals surface area contributed by atoms with Crippen LogP contribution in [0.5, 0.6) is 0 Å². The summed E-state index contributed by atoms with van der Waals surface area (Å²) in [6, 6.07) is 9.45. The Morgan fingerprint density at radius 2 is 1.74 bits per heavy atom. The lowest BCUT2D eigenvalue weighted by atomic mass is 9.84. The van der Waals surface area contributed by atoms with Crippen molar-refractivity contribution < 1.29 is 13.2 Å². The summed E-state index contributed by atoms with van der Waals surface area (Å²) in [5.41, 5.74) is 1.16. The van der Waals surface area contributed by atoms with Crippen LogP contribution in [-0.4, -0.2) is 18.8 Å². The van der Waals surface area contributed by atoms with E-state index in [0.29, 0.717) is 19.4 Å². The van der Waals surface area contributed by atoms with Crippen LogP contribution in [0.25, 0.3) is 0 Å². The van der Waals surface area contributed by atoms with Gasteiger partial charge in [0.1, 0.15) is 0 Å². The van der Waals surface area contributed by atoms with Crippen LogP contribution >= 0.6 is 0 Å². The standard InChI is InChI=1S/C15H20F3N/c16-15(17,18)13-8-4-5-9-14(13)19-11-10-12-6-2-1-3-7-12/h1-3,6-7,13-14,19H,4-5,8-11H2. The minimum absolute atomic E-state index is 0.270. The van der Waals surface area contributed by atoms with Crippen molar-refractivity contribution in [2.45, 2.75) is 44.3 Å². The number of benzene rings is 1. The molecule has 2 unspecified atom stereocenters. The second-order valence-electron chi connectivity index (χ2n) is 5.23. The van der Waals surface area contributed by atoms with Crippen molar-refractivity contribution in [1.82, 2.24) is 5.32 Å². The van der Waals surface area contributed by atoms with Gasteiger partial charge in [-0.1, -0.05) is 43.2 Å². The van der Waals surface area contributed by atoms with E-state index >= 15 is 0 Å². The molecule has 2 atom stereocenters. The fraction of sp³-hybridized carbons (Fsp3) is 0.600. The second kappa shape index (κ2) is 6.42. The number of rotatable bonds is 4. The number of alkyl halides is 3. The first-order valence-corrected chi connectivity index (χ1v) is 6.91. The van der Waals surface area contributed by atoms with Gasteiger partial charge in [0.05, 0.1) is 5.92 Å². The Morgan fingerprint density at radius 3 is 2.42 bits per heavy atom. The van der Waals surface area contributed by atoms with Crippen LogP contribution in [0.4, 0.5) is 13.2 Å². The minimum atomic E-state index is -4.06. The van der Waals surface area contributed by atoms with E-state index < -0.39 is 18.1 Å². The van der Waals surface area contributed by atoms with E-state index in [4.69, 9.17) is 0 Å². The molecule has 1 aromatic carbocycles. The molecule has 2 rings (SSSR count). The molecule has 0 spiro atoms. The summed E-state index contributed by atoms with van der Waals surface area (Å²) in [5, 5.41) is 3.11. The molecule has 0 saturated heterocycles. The summed E-state index contributed by atoms with van der Waals surface area (Å²) in [6.45, 7) is 0.612. The van der Waals surface area contributed by atoms with Crippen molar-refractivity contribution in [2.75, 3.05) is 6.54 Å². The van der Waals surface area contributed by atoms with Crippen molar-refractivity contribution in [2.24, 2.45) is 5.92 Å². The van der Waals surface area contributed by atoms with Crippen LogP contribution in [-0.2, 0) is 6.42 Å². The van der Waals surface area contributed by atoms with E-state index in [1.165, 1.54) is 0 Å². The lowest BCUT2D eigenvalue weighted by Crippen LogP contribution is -2.46. The average molecular weight is 271 g/mol. The zero-order chi connectivity index (χ0) is 13.7. The van der Waals surface area contributed by atoms with E-state index in [9.17, 15) is 13.2 Å². The van der Waals surface area contributed by atoms with Gasteiger partial charge < -0.3 is 5.32 Å². The third-order valence-electron chi connectivity index (χ3n) is 3.85. The largest absolute Gasteiger partial charge is 0.393 e. The molecule has 0 radical (unpaired) electrons. The molecule has 0 bridgehead atoms. The Bertz CT molecular complexity index is 375. The highest BCUT2D eigenvalue weighted by Gasteiger charge is 2.45. The van der Waals surface area contributed by atoms with Gasteiger partial charge >= 0.3 is 6.18 Å². The van der Waals surface area contributed by atoms with Crippen LogP contribution in [0.3, 0.4) is 0 Å². The third kappa shape index (κ3) is 4.23. The molecule has 0 aliphatic heterocycles. The molecule has 19 heavy (non-hydrogen) atoms. The maximum absolute atomic E-state index is 12.9. The van der Waals surface area contributed by atoms with Crippen LogP contribution < -0.4 is 5.32 Å². The molecule has 1 aliphatic carbocycles. The van der Waals surface area contributed by atoms with Gasteiger partial charge in [-0.25, -0.2) is 0 Å². The summed E-state index contributed by atoms with van der Waals surface area (Å²) < 4.78 is 38.7. The van der Waals surface area contributed by atoms with Crippen molar-refractivity contribution in [3.8, 4) is 0 Å². The quantitative estimate of drug-likeness (QED) is 0.874. The fourth-order valence-corrected chi connectivity index (χ4v) is 2.81. The molecule has 106 valence electrons. The van der Waals surface area contributed by atoms with E-state index in [1.54, 1.807) is 0 Å². The molecule has 1 aliphatic rings. The van der Waals surface area contributed by atoms with E-state index in [2.05, 4.69) is 5.32 Å². The van der Waals surface area contributed by atoms with Crippen molar-refractivity contribution in [3.05, 3.63) is 35.9 Å². The van der Waals surface area contributed by atoms with Crippen LogP contribution in [0, 0.1) is 5.92 Å². The molecular formula is C15H20F3N. The molecule has 1 nitrogen and oxygen atoms in total. The SMILES string of the molecule is FC(F)(F)C1CCCCC1NCCc1ccccc1. The van der Waals surface area contributed by atoms with Crippen LogP contribution in [0.2, 0.25) is 0 Å². The monoisotopic (exact) mass is 271 g/mol. The average Bonchev–Trinajstić information content (AvgIpc) is 2.39. The van der Waals surface area contributed by atoms with E-state index in [-0.39, 0.29) is 6.42 Å². The van der Waals surface area contributed by atoms with Crippen molar-refractivity contribution in [3.63, 3.8) is 0 Å². The summed E-state index contributed by atoms with van der Waals surface area (Å²) >= 11 is 0. The molecule has 1 N–H and O–H groups in total. The van der Waals surface area contributed by atoms with Crippen molar-refractivity contribution in [1.29, 1.82) is 0 Å². The Balaban J connectivity index is 1.83. The summed E-state index contributed by atoms with van der Waals surface area (Å²) in [7, 11) is 0. The molecule has 0 aromatic heterocycles. The number of hydrogen-bond acceptors (Lipinski definition) is 1. The van der Waals surface area contributed by atoms with E-state index in [1.807, 2.05) is 30.3 Å². The molecule has 1 saturated carbocycles. The zero-order valence-corrected chi connectivity index (χ0v) is 10.9. The molecule has 0 heterocycles. The first-order valence-electron chi connectivity index (χ1n) is 6.91. The zero-order valence-electron chi connectivity index (χ0n) is 10.9. The topological polar surface area (TPSA) is 12.0 Å². The Hall–Kier alpha value is -1.03. The Labute approximate surface area is 112 Å². The highest BCUT2D eigenvalue weighted by Crippen LogP contribution is 2.37. The maximum atomic E-state index is 12.9. The highest BCUT2D eigenvalue weighted by molar-refractivity contribution is 5.14. The van der Waals surface area contributed by atoms with Gasteiger partial charge in [-0.15, -0.1) is 0 Å². The third-order valence-corrected chi connectivity index (χ3v) is 3.85. The predicted octanol–water partition coefficient (Wildman–Crippen LogP) is 3.94. The summed E-state index contributed by atoms with van der Waals surface area (Å²) in [6.07, 6.45) is -0.783. The van der Waals surface area contributed by atoms with Crippen LogP contribution in [0.1, 0.15) is 31.2 Å². The van der Waals surface area contributed by atoms with Crippen molar-refractivity contribution >= 4 is 0 Å². The van der Waals surface area contributed by atoms with Gasteiger partial charge in [0.25, 0.3) is 0 Å². The van der Waals surface area contributed by atoms with Gasteiger partial charge in [0.2, 0.25) is 0 Å². The lowest BCUT2D eigenvalue weighted by Gasteiger charge is -2.33. The summed E-state index contributed by atoms with van der Waals surface area (Å²) in [4.78, 5) is 0. The number of hydrogen-bond donors (Lipinski definition) is 1. The molecule has 0 amide bonds. The van der Waals surface area contributed by atoms with Gasteiger partial charge in [0.15, 0.2) is 0 Å². The van der Waals surface area contributed by atoms with Gasteiger partial charge in [-0.05, 0) is 31.4 Å². The van der Waals surface area contributed by atoms with E-state index in [0.717, 1.165) is 18.4 Å².